The van der Waals surface area contributed by atoms with Crippen LogP contribution in [0.4, 0.5) is 5.69 Å². The standard InChI is InChI=1S/C11H16ClNO/c1-2-3-4-7-14-11-8-9(12)5-6-10(11)13/h5-6,8H,2-4,7,13H2,1H3. The van der Waals surface area contributed by atoms with E-state index in [2.05, 4.69) is 6.92 Å². The first-order valence-electron chi connectivity index (χ1n) is 4.92. The molecule has 0 amide bonds. The lowest BCUT2D eigenvalue weighted by molar-refractivity contribution is 0.308. The Morgan fingerprint density at radius 1 is 1.36 bits per heavy atom. The van der Waals surface area contributed by atoms with Gasteiger partial charge in [-0.25, -0.2) is 0 Å². The summed E-state index contributed by atoms with van der Waals surface area (Å²) in [7, 11) is 0. The molecule has 0 fully saturated rings. The van der Waals surface area contributed by atoms with E-state index in [4.69, 9.17) is 22.1 Å². The second-order valence-corrected chi connectivity index (χ2v) is 3.67. The molecule has 0 unspecified atom stereocenters. The maximum atomic E-state index is 5.82. The van der Waals surface area contributed by atoms with Gasteiger partial charge in [0.1, 0.15) is 5.75 Å². The third kappa shape index (κ3) is 3.46. The molecule has 0 aliphatic heterocycles. The monoisotopic (exact) mass is 213 g/mol. The van der Waals surface area contributed by atoms with Crippen molar-refractivity contribution in [2.24, 2.45) is 0 Å². The third-order valence-corrected chi connectivity index (χ3v) is 2.22. The molecule has 0 bridgehead atoms. The molecule has 1 aromatic rings. The van der Waals surface area contributed by atoms with Crippen molar-refractivity contribution < 1.29 is 4.74 Å². The predicted molar refractivity (Wildman–Crippen MR) is 60.9 cm³/mol. The van der Waals surface area contributed by atoms with Gasteiger partial charge in [-0.05, 0) is 18.6 Å². The molecule has 0 atom stereocenters. The van der Waals surface area contributed by atoms with Crippen LogP contribution in [-0.2, 0) is 0 Å². The van der Waals surface area contributed by atoms with Crippen LogP contribution in [0.3, 0.4) is 0 Å². The number of anilines is 1. The van der Waals surface area contributed by atoms with E-state index in [-0.39, 0.29) is 0 Å². The number of nitrogen functional groups attached to an aromatic ring is 1. The van der Waals surface area contributed by atoms with Gasteiger partial charge in [-0.2, -0.15) is 0 Å². The van der Waals surface area contributed by atoms with Gasteiger partial charge in [-0.3, -0.25) is 0 Å². The lowest BCUT2D eigenvalue weighted by Gasteiger charge is -2.08. The van der Waals surface area contributed by atoms with Gasteiger partial charge >= 0.3 is 0 Å². The number of hydrogen-bond acceptors (Lipinski definition) is 2. The minimum absolute atomic E-state index is 0.644. The number of unbranched alkanes of at least 4 members (excludes halogenated alkanes) is 2. The maximum Gasteiger partial charge on any atom is 0.143 e. The quantitative estimate of drug-likeness (QED) is 0.600. The van der Waals surface area contributed by atoms with Crippen LogP contribution in [0.15, 0.2) is 18.2 Å². The van der Waals surface area contributed by atoms with E-state index in [1.807, 2.05) is 0 Å². The summed E-state index contributed by atoms with van der Waals surface area (Å²) in [5.74, 6) is 0.689. The van der Waals surface area contributed by atoms with Crippen molar-refractivity contribution in [2.45, 2.75) is 26.2 Å². The molecule has 78 valence electrons. The molecule has 0 aliphatic carbocycles. The minimum atomic E-state index is 0.644. The normalized spacial score (nSPS) is 10.1. The molecule has 0 aromatic heterocycles. The van der Waals surface area contributed by atoms with E-state index in [0.717, 1.165) is 6.42 Å². The summed E-state index contributed by atoms with van der Waals surface area (Å²) in [6.45, 7) is 2.87. The molecule has 2 nitrogen and oxygen atoms in total. The number of hydrogen-bond donors (Lipinski definition) is 1. The van der Waals surface area contributed by atoms with Gasteiger partial charge in [0.25, 0.3) is 0 Å². The average Bonchev–Trinajstić information content (AvgIpc) is 2.18. The Bertz CT molecular complexity index is 289. The van der Waals surface area contributed by atoms with Gasteiger partial charge in [0.05, 0.1) is 12.3 Å². The average molecular weight is 214 g/mol. The van der Waals surface area contributed by atoms with Crippen molar-refractivity contribution in [1.29, 1.82) is 0 Å². The van der Waals surface area contributed by atoms with Gasteiger partial charge in [-0.1, -0.05) is 31.4 Å². The molecular weight excluding hydrogens is 198 g/mol. The number of nitrogens with two attached hydrogens (primary N) is 1. The molecule has 2 N–H and O–H groups in total. The predicted octanol–water partition coefficient (Wildman–Crippen LogP) is 3.49. The topological polar surface area (TPSA) is 35.2 Å². The first kappa shape index (κ1) is 11.2. The second-order valence-electron chi connectivity index (χ2n) is 3.24. The summed E-state index contributed by atoms with van der Waals surface area (Å²) in [5, 5.41) is 0.657. The molecule has 1 aromatic carbocycles. The number of halogens is 1. The highest BCUT2D eigenvalue weighted by Crippen LogP contribution is 2.25. The van der Waals surface area contributed by atoms with E-state index in [1.165, 1.54) is 12.8 Å². The number of benzene rings is 1. The lowest BCUT2D eigenvalue weighted by atomic mass is 10.2. The smallest absolute Gasteiger partial charge is 0.143 e. The van der Waals surface area contributed by atoms with Crippen LogP contribution in [-0.4, -0.2) is 6.61 Å². The first-order valence-corrected chi connectivity index (χ1v) is 5.29. The van der Waals surface area contributed by atoms with E-state index < -0.39 is 0 Å². The van der Waals surface area contributed by atoms with Crippen LogP contribution in [0.2, 0.25) is 5.02 Å². The van der Waals surface area contributed by atoms with E-state index in [9.17, 15) is 0 Å². The highest BCUT2D eigenvalue weighted by atomic mass is 35.5. The molecule has 0 radical (unpaired) electrons. The number of rotatable bonds is 5. The Morgan fingerprint density at radius 2 is 2.14 bits per heavy atom. The van der Waals surface area contributed by atoms with Crippen molar-refractivity contribution >= 4 is 17.3 Å². The first-order chi connectivity index (χ1) is 6.74. The van der Waals surface area contributed by atoms with Gasteiger partial charge in [0, 0.05) is 11.1 Å². The molecule has 0 saturated carbocycles. The summed E-state index contributed by atoms with van der Waals surface area (Å²) in [5.41, 5.74) is 6.36. The van der Waals surface area contributed by atoms with Gasteiger partial charge in [-0.15, -0.1) is 0 Å². The summed E-state index contributed by atoms with van der Waals surface area (Å²) in [4.78, 5) is 0. The van der Waals surface area contributed by atoms with Crippen LogP contribution in [0.1, 0.15) is 26.2 Å². The van der Waals surface area contributed by atoms with Crippen molar-refractivity contribution in [3.8, 4) is 5.75 Å². The number of ether oxygens (including phenoxy) is 1. The van der Waals surface area contributed by atoms with Gasteiger partial charge in [0.2, 0.25) is 0 Å². The zero-order valence-corrected chi connectivity index (χ0v) is 9.18. The third-order valence-electron chi connectivity index (χ3n) is 1.98. The van der Waals surface area contributed by atoms with Crippen LogP contribution < -0.4 is 10.5 Å². The van der Waals surface area contributed by atoms with E-state index in [1.54, 1.807) is 18.2 Å². The Labute approximate surface area is 90.0 Å². The lowest BCUT2D eigenvalue weighted by Crippen LogP contribution is -2.00. The fraction of sp³-hybridized carbons (Fsp3) is 0.455. The second kappa shape index (κ2) is 5.76. The summed E-state index contributed by atoms with van der Waals surface area (Å²) in [6.07, 6.45) is 3.43. The Kier molecular flexibility index (Phi) is 4.60. The Morgan fingerprint density at radius 3 is 2.86 bits per heavy atom. The molecule has 1 rings (SSSR count). The molecule has 0 aliphatic rings. The molecular formula is C11H16ClNO. The summed E-state index contributed by atoms with van der Waals surface area (Å²) in [6, 6.07) is 5.27. The Hall–Kier alpha value is -0.890. The summed E-state index contributed by atoms with van der Waals surface area (Å²) >= 11 is 5.82. The largest absolute Gasteiger partial charge is 0.491 e. The van der Waals surface area contributed by atoms with Gasteiger partial charge in [0.15, 0.2) is 0 Å². The Balaban J connectivity index is 2.45. The van der Waals surface area contributed by atoms with Crippen LogP contribution >= 0.6 is 11.6 Å². The highest BCUT2D eigenvalue weighted by Gasteiger charge is 2.00. The highest BCUT2D eigenvalue weighted by molar-refractivity contribution is 6.30. The molecule has 0 spiro atoms. The van der Waals surface area contributed by atoms with Crippen LogP contribution in [0.5, 0.6) is 5.75 Å². The molecule has 3 heteroatoms. The molecule has 0 saturated heterocycles. The van der Waals surface area contributed by atoms with Crippen LogP contribution in [0.25, 0.3) is 0 Å². The molecule has 0 heterocycles. The zero-order valence-electron chi connectivity index (χ0n) is 8.42. The van der Waals surface area contributed by atoms with Gasteiger partial charge < -0.3 is 10.5 Å². The maximum absolute atomic E-state index is 5.82. The van der Waals surface area contributed by atoms with Crippen LogP contribution in [0, 0.1) is 0 Å². The molecule has 14 heavy (non-hydrogen) atoms. The zero-order chi connectivity index (χ0) is 10.4. The SMILES string of the molecule is CCCCCOc1cc(Cl)ccc1N. The van der Waals surface area contributed by atoms with Crippen molar-refractivity contribution in [3.63, 3.8) is 0 Å². The minimum Gasteiger partial charge on any atom is -0.491 e. The van der Waals surface area contributed by atoms with Crippen molar-refractivity contribution in [1.82, 2.24) is 0 Å². The van der Waals surface area contributed by atoms with E-state index >= 15 is 0 Å². The van der Waals surface area contributed by atoms with E-state index in [0.29, 0.717) is 23.1 Å². The fourth-order valence-corrected chi connectivity index (χ4v) is 1.33. The van der Waals surface area contributed by atoms with Crippen molar-refractivity contribution in [2.75, 3.05) is 12.3 Å². The summed E-state index contributed by atoms with van der Waals surface area (Å²) < 4.78 is 5.51. The fourth-order valence-electron chi connectivity index (χ4n) is 1.17. The van der Waals surface area contributed by atoms with Crippen molar-refractivity contribution in [3.05, 3.63) is 23.2 Å².